The summed E-state index contributed by atoms with van der Waals surface area (Å²) in [5.74, 6) is 0. The fourth-order valence-corrected chi connectivity index (χ4v) is 3.52. The lowest BCUT2D eigenvalue weighted by Crippen LogP contribution is -2.37. The average Bonchev–Trinajstić information content (AvgIpc) is 2.57. The quantitative estimate of drug-likeness (QED) is 0.122. The zero-order valence-corrected chi connectivity index (χ0v) is 19.2. The molecule has 6 heteroatoms. The fraction of sp³-hybridized carbons (Fsp3) is 0.905. The van der Waals surface area contributed by atoms with Gasteiger partial charge in [0.05, 0.1) is 27.7 Å². The third kappa shape index (κ3) is 22.0. The molecule has 0 aliphatic rings. The molecule has 0 radical (unpaired) electrons. The Morgan fingerprint density at radius 2 is 1.22 bits per heavy atom. The Balaban J connectivity index is 3.33. The predicted molar refractivity (Wildman–Crippen MR) is 115 cm³/mol. The van der Waals surface area contributed by atoms with Gasteiger partial charge in [-0.15, -0.1) is 0 Å². The molecule has 27 heavy (non-hydrogen) atoms. The molecule has 0 saturated heterocycles. The maximum Gasteiger partial charge on any atom is 0.472 e. The van der Waals surface area contributed by atoms with Crippen LogP contribution >= 0.6 is 7.82 Å². The van der Waals surface area contributed by atoms with Crippen LogP contribution < -0.4 is 0 Å². The summed E-state index contributed by atoms with van der Waals surface area (Å²) in [7, 11) is 2.16. The van der Waals surface area contributed by atoms with Crippen molar-refractivity contribution in [3.8, 4) is 0 Å². The lowest BCUT2D eigenvalue weighted by Gasteiger charge is -2.24. The highest BCUT2D eigenvalue weighted by Gasteiger charge is 2.21. The first-order chi connectivity index (χ1) is 12.8. The van der Waals surface area contributed by atoms with Crippen molar-refractivity contribution in [3.63, 3.8) is 0 Å². The van der Waals surface area contributed by atoms with Crippen LogP contribution in [0.15, 0.2) is 12.2 Å². The normalized spacial score (nSPS) is 14.7. The van der Waals surface area contributed by atoms with Crippen molar-refractivity contribution in [2.75, 3.05) is 40.9 Å². The summed E-state index contributed by atoms with van der Waals surface area (Å²) in [6.45, 7) is 3.28. The van der Waals surface area contributed by atoms with Gasteiger partial charge in [0.2, 0.25) is 0 Å². The Labute approximate surface area is 168 Å². The molecular weight excluding hydrogens is 361 g/mol. The van der Waals surface area contributed by atoms with Gasteiger partial charge in [-0.05, 0) is 26.2 Å². The van der Waals surface area contributed by atoms with Crippen LogP contribution in [0, 0.1) is 0 Å². The van der Waals surface area contributed by atoms with Gasteiger partial charge in [0.25, 0.3) is 0 Å². The summed E-state index contributed by atoms with van der Waals surface area (Å²) in [6.07, 6.45) is 19.3. The first-order valence-electron chi connectivity index (χ1n) is 10.8. The van der Waals surface area contributed by atoms with E-state index in [1.54, 1.807) is 0 Å². The standard InChI is InChI=1S/C21H44NO4P/c1-5-6-7-8-9-10-11-12-13-14-15-16-17-18-20-25-27(23,24)26-21-19-22(2,3)4/h5-6H,7-21H2,1-4H3/p+1/b6-5-. The van der Waals surface area contributed by atoms with Crippen LogP contribution in [0.3, 0.4) is 0 Å². The highest BCUT2D eigenvalue weighted by Crippen LogP contribution is 2.43. The smallest absolute Gasteiger partial charge is 0.329 e. The summed E-state index contributed by atoms with van der Waals surface area (Å²) >= 11 is 0. The van der Waals surface area contributed by atoms with Crippen molar-refractivity contribution < 1.29 is 23.0 Å². The van der Waals surface area contributed by atoms with Crippen molar-refractivity contribution in [2.45, 2.75) is 84.0 Å². The first kappa shape index (κ1) is 26.8. The van der Waals surface area contributed by atoms with Gasteiger partial charge >= 0.3 is 7.82 Å². The number of quaternary nitrogens is 1. The largest absolute Gasteiger partial charge is 0.472 e. The summed E-state index contributed by atoms with van der Waals surface area (Å²) < 4.78 is 22.4. The molecular formula is C21H45NO4P+. The average molecular weight is 407 g/mol. The minimum atomic E-state index is -3.88. The molecule has 0 heterocycles. The number of nitrogens with zero attached hydrogens (tertiary/aromatic N) is 1. The highest BCUT2D eigenvalue weighted by molar-refractivity contribution is 7.47. The molecule has 0 aromatic carbocycles. The van der Waals surface area contributed by atoms with Gasteiger partial charge in [-0.3, -0.25) is 9.05 Å². The molecule has 162 valence electrons. The van der Waals surface area contributed by atoms with Crippen molar-refractivity contribution in [1.82, 2.24) is 0 Å². The number of allylic oxidation sites excluding steroid dienone is 2. The van der Waals surface area contributed by atoms with Crippen LogP contribution in [0.4, 0.5) is 0 Å². The maximum absolute atomic E-state index is 11.7. The summed E-state index contributed by atoms with van der Waals surface area (Å²) in [5, 5.41) is 0. The Morgan fingerprint density at radius 3 is 1.70 bits per heavy atom. The number of likely N-dealkylation sites (N-methyl/N-ethyl adjacent to an activating group) is 1. The topological polar surface area (TPSA) is 55.8 Å². The van der Waals surface area contributed by atoms with Crippen molar-refractivity contribution in [2.24, 2.45) is 0 Å². The van der Waals surface area contributed by atoms with Gasteiger partial charge in [-0.1, -0.05) is 69.9 Å². The van der Waals surface area contributed by atoms with Crippen molar-refractivity contribution in [1.29, 1.82) is 0 Å². The molecule has 5 nitrogen and oxygen atoms in total. The molecule has 0 rings (SSSR count). The van der Waals surface area contributed by atoms with Crippen LogP contribution in [0.2, 0.25) is 0 Å². The van der Waals surface area contributed by atoms with Gasteiger partial charge < -0.3 is 9.38 Å². The SMILES string of the molecule is C/C=C\CCCCCCCCCCCCCOP(=O)(O)OCC[N+](C)(C)C. The predicted octanol–water partition coefficient (Wildman–Crippen LogP) is 6.08. The number of unbranched alkanes of at least 4 members (excludes halogenated alkanes) is 11. The van der Waals surface area contributed by atoms with Crippen LogP contribution in [0.5, 0.6) is 0 Å². The molecule has 1 N–H and O–H groups in total. The lowest BCUT2D eigenvalue weighted by atomic mass is 10.1. The number of hydrogen-bond donors (Lipinski definition) is 1. The Morgan fingerprint density at radius 1 is 0.778 bits per heavy atom. The van der Waals surface area contributed by atoms with E-state index in [1.807, 2.05) is 21.1 Å². The minimum Gasteiger partial charge on any atom is -0.329 e. The Kier molecular flexibility index (Phi) is 16.6. The zero-order valence-electron chi connectivity index (χ0n) is 18.3. The molecule has 0 spiro atoms. The molecule has 0 fully saturated rings. The van der Waals surface area contributed by atoms with E-state index in [9.17, 15) is 9.46 Å². The van der Waals surface area contributed by atoms with E-state index in [1.165, 1.54) is 64.2 Å². The van der Waals surface area contributed by atoms with Crippen molar-refractivity contribution in [3.05, 3.63) is 12.2 Å². The summed E-state index contributed by atoms with van der Waals surface area (Å²) in [6, 6.07) is 0. The molecule has 1 atom stereocenters. The number of hydrogen-bond acceptors (Lipinski definition) is 3. The molecule has 0 aliphatic carbocycles. The Bertz CT molecular complexity index is 407. The molecule has 0 saturated carbocycles. The minimum absolute atomic E-state index is 0.229. The summed E-state index contributed by atoms with van der Waals surface area (Å²) in [5.41, 5.74) is 0. The van der Waals surface area contributed by atoms with Crippen LogP contribution in [-0.2, 0) is 13.6 Å². The second-order valence-corrected chi connectivity index (χ2v) is 9.85. The van der Waals surface area contributed by atoms with Gasteiger partial charge in [-0.25, -0.2) is 4.57 Å². The van der Waals surface area contributed by atoms with Gasteiger partial charge in [0, 0.05) is 0 Å². The second-order valence-electron chi connectivity index (χ2n) is 8.40. The van der Waals surface area contributed by atoms with Crippen LogP contribution in [0.25, 0.3) is 0 Å². The second kappa shape index (κ2) is 16.7. The van der Waals surface area contributed by atoms with Crippen molar-refractivity contribution >= 4 is 7.82 Å². The van der Waals surface area contributed by atoms with E-state index >= 15 is 0 Å². The first-order valence-corrected chi connectivity index (χ1v) is 12.3. The van der Waals surface area contributed by atoms with Gasteiger partial charge in [0.1, 0.15) is 13.2 Å². The molecule has 0 aromatic heterocycles. The molecule has 1 unspecified atom stereocenters. The third-order valence-electron chi connectivity index (χ3n) is 4.52. The molecule has 0 bridgehead atoms. The lowest BCUT2D eigenvalue weighted by molar-refractivity contribution is -0.870. The van der Waals surface area contributed by atoms with E-state index in [-0.39, 0.29) is 6.61 Å². The molecule has 0 aromatic rings. The van der Waals surface area contributed by atoms with E-state index in [0.717, 1.165) is 12.8 Å². The Hall–Kier alpha value is -0.190. The molecule has 0 aliphatic heterocycles. The molecule has 0 amide bonds. The number of phosphoric acid groups is 1. The van der Waals surface area contributed by atoms with Crippen LogP contribution in [-0.4, -0.2) is 50.3 Å². The van der Waals surface area contributed by atoms with E-state index < -0.39 is 7.82 Å². The highest BCUT2D eigenvalue weighted by atomic mass is 31.2. The third-order valence-corrected chi connectivity index (χ3v) is 5.54. The number of phosphoric ester groups is 1. The number of rotatable bonds is 19. The van der Waals surface area contributed by atoms with Gasteiger partial charge in [-0.2, -0.15) is 0 Å². The van der Waals surface area contributed by atoms with E-state index in [4.69, 9.17) is 9.05 Å². The monoisotopic (exact) mass is 406 g/mol. The van der Waals surface area contributed by atoms with E-state index in [2.05, 4.69) is 19.1 Å². The van der Waals surface area contributed by atoms with Gasteiger partial charge in [0.15, 0.2) is 0 Å². The summed E-state index contributed by atoms with van der Waals surface area (Å²) in [4.78, 5) is 9.62. The fourth-order valence-electron chi connectivity index (χ4n) is 2.77. The van der Waals surface area contributed by atoms with E-state index in [0.29, 0.717) is 17.6 Å². The zero-order chi connectivity index (χ0) is 20.4. The maximum atomic E-state index is 11.7. The van der Waals surface area contributed by atoms with Crippen LogP contribution in [0.1, 0.15) is 84.0 Å².